The Morgan fingerprint density at radius 2 is 2.26 bits per heavy atom. The lowest BCUT2D eigenvalue weighted by Gasteiger charge is -2.16. The number of carbonyl (C=O) groups excluding carboxylic acids is 1. The maximum Gasteiger partial charge on any atom is 0.223 e. The zero-order chi connectivity index (χ0) is 13.8. The summed E-state index contributed by atoms with van der Waals surface area (Å²) in [6.07, 6.45) is 1.14. The van der Waals surface area contributed by atoms with Crippen LogP contribution in [0.2, 0.25) is 0 Å². The molecule has 0 bridgehead atoms. The monoisotopic (exact) mass is 265 g/mol. The van der Waals surface area contributed by atoms with E-state index in [1.165, 1.54) is 0 Å². The number of hydrogen-bond acceptors (Lipinski definition) is 2. The van der Waals surface area contributed by atoms with E-state index in [1.807, 2.05) is 19.1 Å². The lowest BCUT2D eigenvalue weighted by Crippen LogP contribution is -2.28. The number of likely N-dealkylation sites (tertiary alicyclic amines) is 1. The molecular formula is C15H20FNO2. The Kier molecular flexibility index (Phi) is 4.53. The number of methoxy groups -OCH3 is 1. The summed E-state index contributed by atoms with van der Waals surface area (Å²) in [5, 5.41) is 0. The van der Waals surface area contributed by atoms with Crippen LogP contribution < -0.4 is 0 Å². The summed E-state index contributed by atoms with van der Waals surface area (Å²) in [6, 6.07) is 5.29. The summed E-state index contributed by atoms with van der Waals surface area (Å²) >= 11 is 0. The van der Waals surface area contributed by atoms with E-state index in [0.717, 1.165) is 5.56 Å². The van der Waals surface area contributed by atoms with Gasteiger partial charge in [0.25, 0.3) is 0 Å². The van der Waals surface area contributed by atoms with Crippen molar-refractivity contribution in [3.63, 3.8) is 0 Å². The van der Waals surface area contributed by atoms with Crippen LogP contribution in [0, 0.1) is 18.7 Å². The lowest BCUT2D eigenvalue weighted by molar-refractivity contribution is -0.128. The maximum absolute atomic E-state index is 13.8. The SMILES string of the molecule is COCCN1CC(Cc2ccc(C)cc2F)CC1=O. The van der Waals surface area contributed by atoms with Gasteiger partial charge in [-0.2, -0.15) is 0 Å². The van der Waals surface area contributed by atoms with E-state index in [-0.39, 0.29) is 17.6 Å². The van der Waals surface area contributed by atoms with Gasteiger partial charge in [-0.15, -0.1) is 0 Å². The van der Waals surface area contributed by atoms with Gasteiger partial charge in [0.1, 0.15) is 5.82 Å². The fourth-order valence-electron chi connectivity index (χ4n) is 2.54. The van der Waals surface area contributed by atoms with Gasteiger partial charge in [-0.25, -0.2) is 4.39 Å². The molecule has 1 aliphatic rings. The molecule has 1 atom stereocenters. The smallest absolute Gasteiger partial charge is 0.223 e. The molecule has 1 unspecified atom stereocenters. The molecule has 0 spiro atoms. The Bertz CT molecular complexity index is 461. The molecule has 1 aromatic carbocycles. The molecule has 0 N–H and O–H groups in total. The standard InChI is InChI=1S/C15H20FNO2/c1-11-3-4-13(14(16)7-11)8-12-9-15(18)17(10-12)5-6-19-2/h3-4,7,12H,5-6,8-10H2,1-2H3. The second-order valence-corrected chi connectivity index (χ2v) is 5.20. The van der Waals surface area contributed by atoms with E-state index in [2.05, 4.69) is 0 Å². The highest BCUT2D eigenvalue weighted by molar-refractivity contribution is 5.78. The van der Waals surface area contributed by atoms with E-state index in [4.69, 9.17) is 4.74 Å². The molecule has 1 aromatic rings. The molecular weight excluding hydrogens is 245 g/mol. The van der Waals surface area contributed by atoms with Crippen molar-refractivity contribution >= 4 is 5.91 Å². The number of amides is 1. The molecule has 1 saturated heterocycles. The topological polar surface area (TPSA) is 29.5 Å². The van der Waals surface area contributed by atoms with Crippen LogP contribution in [0.15, 0.2) is 18.2 Å². The van der Waals surface area contributed by atoms with Crippen molar-refractivity contribution in [2.45, 2.75) is 19.8 Å². The summed E-state index contributed by atoms with van der Waals surface area (Å²) in [4.78, 5) is 13.6. The molecule has 0 aliphatic carbocycles. The molecule has 19 heavy (non-hydrogen) atoms. The molecule has 104 valence electrons. The first kappa shape index (κ1) is 14.0. The van der Waals surface area contributed by atoms with Gasteiger partial charge < -0.3 is 9.64 Å². The minimum absolute atomic E-state index is 0.148. The third-order valence-corrected chi connectivity index (χ3v) is 3.58. The number of rotatable bonds is 5. The first-order chi connectivity index (χ1) is 9.10. The van der Waals surface area contributed by atoms with Gasteiger partial charge in [-0.3, -0.25) is 4.79 Å². The number of halogens is 1. The van der Waals surface area contributed by atoms with E-state index in [9.17, 15) is 9.18 Å². The fourth-order valence-corrected chi connectivity index (χ4v) is 2.54. The van der Waals surface area contributed by atoms with Crippen LogP contribution in [-0.4, -0.2) is 37.6 Å². The third-order valence-electron chi connectivity index (χ3n) is 3.58. The summed E-state index contributed by atoms with van der Waals surface area (Å²) in [7, 11) is 1.62. The van der Waals surface area contributed by atoms with Crippen LogP contribution in [0.5, 0.6) is 0 Å². The van der Waals surface area contributed by atoms with Gasteiger partial charge in [0.15, 0.2) is 0 Å². The first-order valence-electron chi connectivity index (χ1n) is 6.62. The average molecular weight is 265 g/mol. The number of aryl methyl sites for hydroxylation is 1. The second kappa shape index (κ2) is 6.15. The predicted octanol–water partition coefficient (Wildman–Crippen LogP) is 2.17. The van der Waals surface area contributed by atoms with Crippen LogP contribution in [0.3, 0.4) is 0 Å². The summed E-state index contributed by atoms with van der Waals surface area (Å²) in [6.45, 7) is 3.76. The van der Waals surface area contributed by atoms with E-state index in [0.29, 0.717) is 38.1 Å². The van der Waals surface area contributed by atoms with Gasteiger partial charge in [-0.05, 0) is 36.5 Å². The summed E-state index contributed by atoms with van der Waals surface area (Å²) in [5.41, 5.74) is 1.63. The number of nitrogens with zero attached hydrogens (tertiary/aromatic N) is 1. The lowest BCUT2D eigenvalue weighted by atomic mass is 9.97. The van der Waals surface area contributed by atoms with Gasteiger partial charge in [0.2, 0.25) is 5.91 Å². The zero-order valence-electron chi connectivity index (χ0n) is 11.5. The molecule has 1 amide bonds. The molecule has 4 heteroatoms. The van der Waals surface area contributed by atoms with Gasteiger partial charge >= 0.3 is 0 Å². The van der Waals surface area contributed by atoms with Crippen LogP contribution >= 0.6 is 0 Å². The Morgan fingerprint density at radius 3 is 2.95 bits per heavy atom. The minimum atomic E-state index is -0.164. The predicted molar refractivity (Wildman–Crippen MR) is 71.4 cm³/mol. The molecule has 0 saturated carbocycles. The van der Waals surface area contributed by atoms with Crippen LogP contribution in [-0.2, 0) is 16.0 Å². The third kappa shape index (κ3) is 3.53. The fraction of sp³-hybridized carbons (Fsp3) is 0.533. The van der Waals surface area contributed by atoms with Crippen molar-refractivity contribution in [1.82, 2.24) is 4.90 Å². The molecule has 2 rings (SSSR count). The number of carbonyl (C=O) groups is 1. The van der Waals surface area contributed by atoms with Crippen molar-refractivity contribution in [3.8, 4) is 0 Å². The molecule has 3 nitrogen and oxygen atoms in total. The molecule has 0 radical (unpaired) electrons. The Hall–Kier alpha value is -1.42. The molecule has 1 aliphatic heterocycles. The van der Waals surface area contributed by atoms with Crippen molar-refractivity contribution < 1.29 is 13.9 Å². The first-order valence-corrected chi connectivity index (χ1v) is 6.62. The van der Waals surface area contributed by atoms with Crippen molar-refractivity contribution in [3.05, 3.63) is 35.1 Å². The van der Waals surface area contributed by atoms with Gasteiger partial charge in [-0.1, -0.05) is 12.1 Å². The Labute approximate surface area is 113 Å². The summed E-state index contributed by atoms with van der Waals surface area (Å²) < 4.78 is 18.8. The van der Waals surface area contributed by atoms with Crippen LogP contribution in [0.4, 0.5) is 4.39 Å². The van der Waals surface area contributed by atoms with Crippen LogP contribution in [0.25, 0.3) is 0 Å². The highest BCUT2D eigenvalue weighted by Gasteiger charge is 2.29. The highest BCUT2D eigenvalue weighted by atomic mass is 19.1. The highest BCUT2D eigenvalue weighted by Crippen LogP contribution is 2.23. The largest absolute Gasteiger partial charge is 0.383 e. The normalized spacial score (nSPS) is 19.2. The zero-order valence-corrected chi connectivity index (χ0v) is 11.5. The number of ether oxygens (including phenoxy) is 1. The second-order valence-electron chi connectivity index (χ2n) is 5.20. The number of hydrogen-bond donors (Lipinski definition) is 0. The molecule has 1 heterocycles. The molecule has 0 aromatic heterocycles. The van der Waals surface area contributed by atoms with Gasteiger partial charge in [0.05, 0.1) is 6.61 Å². The number of benzene rings is 1. The van der Waals surface area contributed by atoms with Crippen molar-refractivity contribution in [1.29, 1.82) is 0 Å². The minimum Gasteiger partial charge on any atom is -0.383 e. The average Bonchev–Trinajstić information content (AvgIpc) is 2.71. The van der Waals surface area contributed by atoms with Crippen molar-refractivity contribution in [2.24, 2.45) is 5.92 Å². The Morgan fingerprint density at radius 1 is 1.47 bits per heavy atom. The summed E-state index contributed by atoms with van der Waals surface area (Å²) in [5.74, 6) is 0.193. The van der Waals surface area contributed by atoms with Crippen LogP contribution in [0.1, 0.15) is 17.5 Å². The van der Waals surface area contributed by atoms with E-state index in [1.54, 1.807) is 18.1 Å². The molecule has 1 fully saturated rings. The van der Waals surface area contributed by atoms with Gasteiger partial charge in [0, 0.05) is 26.6 Å². The quantitative estimate of drug-likeness (QED) is 0.816. The Balaban J connectivity index is 1.95. The maximum atomic E-state index is 13.8. The van der Waals surface area contributed by atoms with E-state index < -0.39 is 0 Å². The van der Waals surface area contributed by atoms with Crippen molar-refractivity contribution in [2.75, 3.05) is 26.8 Å². The van der Waals surface area contributed by atoms with E-state index >= 15 is 0 Å².